The summed E-state index contributed by atoms with van der Waals surface area (Å²) in [6.07, 6.45) is 17.1. The van der Waals surface area contributed by atoms with E-state index < -0.39 is 0 Å². The summed E-state index contributed by atoms with van der Waals surface area (Å²) in [7, 11) is 0. The Morgan fingerprint density at radius 3 is 1.14 bits per heavy atom. The standard InChI is InChI=1S/C19H40O2/c1-3-5-7-11-15-19(21)17-13-9-8-12-16-18(20)14-10-6-4-2/h18-21H,3-17H2,1-2H3. The molecule has 0 aromatic rings. The maximum absolute atomic E-state index is 9.87. The van der Waals surface area contributed by atoms with Crippen LogP contribution < -0.4 is 0 Å². The van der Waals surface area contributed by atoms with E-state index in [1.54, 1.807) is 0 Å². The third kappa shape index (κ3) is 16.1. The van der Waals surface area contributed by atoms with Gasteiger partial charge in [0.1, 0.15) is 0 Å². The van der Waals surface area contributed by atoms with Crippen LogP contribution in [0, 0.1) is 0 Å². The van der Waals surface area contributed by atoms with E-state index in [4.69, 9.17) is 0 Å². The third-order valence-corrected chi connectivity index (χ3v) is 4.36. The average molecular weight is 301 g/mol. The maximum Gasteiger partial charge on any atom is 0.0540 e. The van der Waals surface area contributed by atoms with E-state index in [9.17, 15) is 10.2 Å². The van der Waals surface area contributed by atoms with Crippen LogP contribution >= 0.6 is 0 Å². The van der Waals surface area contributed by atoms with Crippen molar-refractivity contribution in [3.8, 4) is 0 Å². The smallest absolute Gasteiger partial charge is 0.0540 e. The van der Waals surface area contributed by atoms with E-state index in [0.717, 1.165) is 38.5 Å². The van der Waals surface area contributed by atoms with Crippen molar-refractivity contribution in [2.24, 2.45) is 0 Å². The second-order valence-corrected chi connectivity index (χ2v) is 6.64. The van der Waals surface area contributed by atoms with Crippen LogP contribution in [0.15, 0.2) is 0 Å². The first kappa shape index (κ1) is 20.9. The molecule has 0 heterocycles. The SMILES string of the molecule is CCCCCCC(O)CCCCCCC(O)CCCCC. The molecule has 0 spiro atoms. The molecule has 0 aromatic heterocycles. The molecule has 0 fully saturated rings. The van der Waals surface area contributed by atoms with Crippen molar-refractivity contribution >= 4 is 0 Å². The Labute approximate surface area is 133 Å². The first-order chi connectivity index (χ1) is 10.2. The summed E-state index contributed by atoms with van der Waals surface area (Å²) in [5, 5.41) is 19.7. The van der Waals surface area contributed by atoms with E-state index in [0.29, 0.717) is 0 Å². The van der Waals surface area contributed by atoms with Crippen molar-refractivity contribution in [3.63, 3.8) is 0 Å². The largest absolute Gasteiger partial charge is 0.393 e. The summed E-state index contributed by atoms with van der Waals surface area (Å²) in [4.78, 5) is 0. The molecular weight excluding hydrogens is 260 g/mol. The summed E-state index contributed by atoms with van der Waals surface area (Å²) < 4.78 is 0. The summed E-state index contributed by atoms with van der Waals surface area (Å²) in [6, 6.07) is 0. The van der Waals surface area contributed by atoms with E-state index in [1.165, 1.54) is 57.8 Å². The van der Waals surface area contributed by atoms with E-state index in [1.807, 2.05) is 0 Å². The number of unbranched alkanes of at least 4 members (excludes halogenated alkanes) is 8. The maximum atomic E-state index is 9.87. The molecule has 2 N–H and O–H groups in total. The number of aliphatic hydroxyl groups excluding tert-OH is 2. The lowest BCUT2D eigenvalue weighted by atomic mass is 10.0. The number of rotatable bonds is 16. The van der Waals surface area contributed by atoms with Gasteiger partial charge in [-0.2, -0.15) is 0 Å². The normalized spacial score (nSPS) is 14.3. The van der Waals surface area contributed by atoms with Crippen LogP contribution in [0.5, 0.6) is 0 Å². The van der Waals surface area contributed by atoms with Gasteiger partial charge >= 0.3 is 0 Å². The molecule has 2 heteroatoms. The van der Waals surface area contributed by atoms with Gasteiger partial charge in [-0.1, -0.05) is 84.5 Å². The molecule has 2 atom stereocenters. The molecule has 0 saturated heterocycles. The van der Waals surface area contributed by atoms with Crippen LogP contribution in [-0.4, -0.2) is 22.4 Å². The highest BCUT2D eigenvalue weighted by Crippen LogP contribution is 2.14. The van der Waals surface area contributed by atoms with E-state index in [-0.39, 0.29) is 12.2 Å². The fourth-order valence-electron chi connectivity index (χ4n) is 2.84. The Bertz CT molecular complexity index is 194. The second kappa shape index (κ2) is 16.3. The van der Waals surface area contributed by atoms with Gasteiger partial charge in [-0.25, -0.2) is 0 Å². The van der Waals surface area contributed by atoms with Crippen LogP contribution in [0.3, 0.4) is 0 Å². The molecule has 0 amide bonds. The summed E-state index contributed by atoms with van der Waals surface area (Å²) in [5.41, 5.74) is 0. The van der Waals surface area contributed by atoms with E-state index >= 15 is 0 Å². The minimum absolute atomic E-state index is 0.0820. The Hall–Kier alpha value is -0.0800. The van der Waals surface area contributed by atoms with Crippen LogP contribution in [0.1, 0.15) is 110 Å². The van der Waals surface area contributed by atoms with Crippen molar-refractivity contribution < 1.29 is 10.2 Å². The molecule has 0 aliphatic heterocycles. The lowest BCUT2D eigenvalue weighted by Gasteiger charge is -2.11. The zero-order valence-electron chi connectivity index (χ0n) is 14.7. The molecule has 21 heavy (non-hydrogen) atoms. The third-order valence-electron chi connectivity index (χ3n) is 4.36. The van der Waals surface area contributed by atoms with E-state index in [2.05, 4.69) is 13.8 Å². The highest BCUT2D eigenvalue weighted by molar-refractivity contribution is 4.59. The average Bonchev–Trinajstić information content (AvgIpc) is 2.47. The van der Waals surface area contributed by atoms with Gasteiger partial charge in [0.25, 0.3) is 0 Å². The molecule has 2 nitrogen and oxygen atoms in total. The van der Waals surface area contributed by atoms with Crippen LogP contribution in [-0.2, 0) is 0 Å². The highest BCUT2D eigenvalue weighted by Gasteiger charge is 2.05. The minimum Gasteiger partial charge on any atom is -0.393 e. The molecule has 0 rings (SSSR count). The highest BCUT2D eigenvalue weighted by atomic mass is 16.3. The van der Waals surface area contributed by atoms with Crippen molar-refractivity contribution in [2.45, 2.75) is 122 Å². The fraction of sp³-hybridized carbons (Fsp3) is 1.00. The van der Waals surface area contributed by atoms with Gasteiger partial charge in [0.05, 0.1) is 12.2 Å². The summed E-state index contributed by atoms with van der Waals surface area (Å²) in [6.45, 7) is 4.42. The topological polar surface area (TPSA) is 40.5 Å². The molecule has 128 valence electrons. The quantitative estimate of drug-likeness (QED) is 0.364. The molecular formula is C19H40O2. The van der Waals surface area contributed by atoms with Crippen molar-refractivity contribution in [1.82, 2.24) is 0 Å². The van der Waals surface area contributed by atoms with Gasteiger partial charge in [0.2, 0.25) is 0 Å². The predicted molar refractivity (Wildman–Crippen MR) is 92.6 cm³/mol. The van der Waals surface area contributed by atoms with Crippen molar-refractivity contribution in [3.05, 3.63) is 0 Å². The van der Waals surface area contributed by atoms with Crippen LogP contribution in [0.25, 0.3) is 0 Å². The Balaban J connectivity index is 3.23. The van der Waals surface area contributed by atoms with Crippen molar-refractivity contribution in [2.75, 3.05) is 0 Å². The van der Waals surface area contributed by atoms with Gasteiger partial charge in [-0.05, 0) is 25.7 Å². The van der Waals surface area contributed by atoms with Gasteiger partial charge in [-0.15, -0.1) is 0 Å². The Morgan fingerprint density at radius 1 is 0.476 bits per heavy atom. The number of hydrogen-bond donors (Lipinski definition) is 2. The zero-order valence-corrected chi connectivity index (χ0v) is 14.7. The molecule has 0 radical (unpaired) electrons. The molecule has 2 unspecified atom stereocenters. The zero-order chi connectivity index (χ0) is 15.8. The lowest BCUT2D eigenvalue weighted by Crippen LogP contribution is -2.07. The lowest BCUT2D eigenvalue weighted by molar-refractivity contribution is 0.142. The Kier molecular flexibility index (Phi) is 16.2. The molecule has 0 aliphatic carbocycles. The molecule has 0 aliphatic rings. The van der Waals surface area contributed by atoms with Crippen LogP contribution in [0.2, 0.25) is 0 Å². The van der Waals surface area contributed by atoms with Gasteiger partial charge < -0.3 is 10.2 Å². The van der Waals surface area contributed by atoms with Crippen LogP contribution in [0.4, 0.5) is 0 Å². The molecule has 0 aromatic carbocycles. The van der Waals surface area contributed by atoms with Gasteiger partial charge in [0, 0.05) is 0 Å². The molecule has 0 bridgehead atoms. The number of hydrogen-bond acceptors (Lipinski definition) is 2. The summed E-state index contributed by atoms with van der Waals surface area (Å²) in [5.74, 6) is 0. The monoisotopic (exact) mass is 300 g/mol. The predicted octanol–water partition coefficient (Wildman–Crippen LogP) is 5.60. The fourth-order valence-corrected chi connectivity index (χ4v) is 2.84. The molecule has 0 saturated carbocycles. The minimum atomic E-state index is -0.0827. The Morgan fingerprint density at radius 2 is 0.762 bits per heavy atom. The summed E-state index contributed by atoms with van der Waals surface area (Å²) >= 11 is 0. The van der Waals surface area contributed by atoms with Gasteiger partial charge in [-0.3, -0.25) is 0 Å². The second-order valence-electron chi connectivity index (χ2n) is 6.64. The van der Waals surface area contributed by atoms with Gasteiger partial charge in [0.15, 0.2) is 0 Å². The van der Waals surface area contributed by atoms with Crippen molar-refractivity contribution in [1.29, 1.82) is 0 Å². The first-order valence-corrected chi connectivity index (χ1v) is 9.56. The number of aliphatic hydroxyl groups is 2. The first-order valence-electron chi connectivity index (χ1n) is 9.56.